The van der Waals surface area contributed by atoms with Crippen molar-refractivity contribution < 1.29 is 9.32 Å². The molecule has 6 heteroatoms. The molecule has 3 rings (SSSR count). The summed E-state index contributed by atoms with van der Waals surface area (Å²) < 4.78 is 5.15. The third kappa shape index (κ3) is 3.11. The van der Waals surface area contributed by atoms with Gasteiger partial charge in [-0.2, -0.15) is 4.98 Å². The van der Waals surface area contributed by atoms with Crippen LogP contribution < -0.4 is 5.32 Å². The predicted molar refractivity (Wildman–Crippen MR) is 87.2 cm³/mol. The molecule has 23 heavy (non-hydrogen) atoms. The van der Waals surface area contributed by atoms with E-state index in [1.807, 2.05) is 31.2 Å². The van der Waals surface area contributed by atoms with Gasteiger partial charge in [0.25, 0.3) is 0 Å². The summed E-state index contributed by atoms with van der Waals surface area (Å²) in [6.45, 7) is 3.61. The number of rotatable bonds is 4. The molecular weight excluding hydrogens is 314 g/mol. The number of nitrogens with one attached hydrogen (secondary N) is 1. The van der Waals surface area contributed by atoms with Gasteiger partial charge >= 0.3 is 0 Å². The van der Waals surface area contributed by atoms with Crippen LogP contribution in [0.4, 0.5) is 0 Å². The molecule has 1 aliphatic carbocycles. The average Bonchev–Trinajstić information content (AvgIpc) is 3.16. The Balaban J connectivity index is 1.85. The normalized spacial score (nSPS) is 17.9. The largest absolute Gasteiger partial charge is 0.344 e. The summed E-state index contributed by atoms with van der Waals surface area (Å²) in [4.78, 5) is 17.2. The third-order valence-electron chi connectivity index (χ3n) is 4.53. The molecular formula is C17H20ClN3O2. The van der Waals surface area contributed by atoms with Crippen molar-refractivity contribution in [1.29, 1.82) is 0 Å². The third-order valence-corrected chi connectivity index (χ3v) is 4.77. The van der Waals surface area contributed by atoms with E-state index in [0.29, 0.717) is 16.7 Å². The van der Waals surface area contributed by atoms with Gasteiger partial charge in [0.1, 0.15) is 6.04 Å². The Morgan fingerprint density at radius 2 is 2.13 bits per heavy atom. The van der Waals surface area contributed by atoms with Crippen molar-refractivity contribution in [2.45, 2.75) is 51.0 Å². The summed E-state index contributed by atoms with van der Waals surface area (Å²) in [6.07, 6.45) is 3.73. The second kappa shape index (κ2) is 6.32. The van der Waals surface area contributed by atoms with Gasteiger partial charge < -0.3 is 9.84 Å². The topological polar surface area (TPSA) is 68.0 Å². The van der Waals surface area contributed by atoms with Gasteiger partial charge in [0.15, 0.2) is 5.82 Å². The number of halogens is 1. The van der Waals surface area contributed by atoms with Crippen molar-refractivity contribution in [3.63, 3.8) is 0 Å². The van der Waals surface area contributed by atoms with Crippen LogP contribution in [-0.2, 0) is 10.2 Å². The second-order valence-corrected chi connectivity index (χ2v) is 6.61. The van der Waals surface area contributed by atoms with Gasteiger partial charge in [-0.1, -0.05) is 41.7 Å². The lowest BCUT2D eigenvalue weighted by Crippen LogP contribution is -2.43. The van der Waals surface area contributed by atoms with Crippen molar-refractivity contribution in [3.05, 3.63) is 46.6 Å². The summed E-state index contributed by atoms with van der Waals surface area (Å²) in [5.74, 6) is 0.988. The van der Waals surface area contributed by atoms with E-state index in [9.17, 15) is 4.79 Å². The molecule has 1 saturated carbocycles. The van der Waals surface area contributed by atoms with Gasteiger partial charge in [-0.05, 0) is 44.4 Å². The smallest absolute Gasteiger partial charge is 0.248 e. The molecule has 0 radical (unpaired) electrons. The molecule has 1 fully saturated rings. The first-order valence-electron chi connectivity index (χ1n) is 7.88. The molecule has 0 aliphatic heterocycles. The van der Waals surface area contributed by atoms with Crippen LogP contribution in [0.25, 0.3) is 0 Å². The highest BCUT2D eigenvalue weighted by Gasteiger charge is 2.43. The van der Waals surface area contributed by atoms with E-state index < -0.39 is 5.41 Å². The first-order chi connectivity index (χ1) is 11.0. The maximum atomic E-state index is 13.0. The number of aryl methyl sites for hydroxylation is 1. The van der Waals surface area contributed by atoms with Gasteiger partial charge in [0.05, 0.1) is 5.41 Å². The molecule has 0 unspecified atom stereocenters. The van der Waals surface area contributed by atoms with Crippen LogP contribution in [0.5, 0.6) is 0 Å². The van der Waals surface area contributed by atoms with Crippen LogP contribution in [0.1, 0.15) is 55.9 Å². The Morgan fingerprint density at radius 1 is 1.39 bits per heavy atom. The lowest BCUT2D eigenvalue weighted by Gasteiger charge is -2.29. The van der Waals surface area contributed by atoms with E-state index in [1.165, 1.54) is 0 Å². The number of aromatic nitrogens is 2. The van der Waals surface area contributed by atoms with Crippen molar-refractivity contribution in [2.24, 2.45) is 0 Å². The SMILES string of the molecule is Cc1noc([C@H](C)NC(=O)C2(c3cccc(Cl)c3)CCCC2)n1. The fourth-order valence-corrected chi connectivity index (χ4v) is 3.49. The number of hydrogen-bond acceptors (Lipinski definition) is 4. The fourth-order valence-electron chi connectivity index (χ4n) is 3.30. The van der Waals surface area contributed by atoms with E-state index in [1.54, 1.807) is 6.92 Å². The van der Waals surface area contributed by atoms with Gasteiger partial charge in [-0.25, -0.2) is 0 Å². The lowest BCUT2D eigenvalue weighted by molar-refractivity contribution is -0.127. The van der Waals surface area contributed by atoms with Crippen LogP contribution in [0.2, 0.25) is 5.02 Å². The highest BCUT2D eigenvalue weighted by atomic mass is 35.5. The van der Waals surface area contributed by atoms with Crippen LogP contribution >= 0.6 is 11.6 Å². The molecule has 1 aromatic heterocycles. The molecule has 0 spiro atoms. The Morgan fingerprint density at radius 3 is 2.74 bits per heavy atom. The zero-order chi connectivity index (χ0) is 16.4. The quantitative estimate of drug-likeness (QED) is 0.925. The molecule has 1 aliphatic rings. The molecule has 1 N–H and O–H groups in total. The summed E-state index contributed by atoms with van der Waals surface area (Å²) in [5, 5.41) is 7.46. The number of amides is 1. The highest BCUT2D eigenvalue weighted by Crippen LogP contribution is 2.42. The molecule has 1 atom stereocenters. The zero-order valence-corrected chi connectivity index (χ0v) is 14.1. The number of hydrogen-bond donors (Lipinski definition) is 1. The summed E-state index contributed by atoms with van der Waals surface area (Å²) >= 11 is 6.13. The Bertz CT molecular complexity index is 707. The zero-order valence-electron chi connectivity index (χ0n) is 13.3. The molecule has 1 amide bonds. The van der Waals surface area contributed by atoms with E-state index >= 15 is 0 Å². The summed E-state index contributed by atoms with van der Waals surface area (Å²) in [7, 11) is 0. The first kappa shape index (κ1) is 16.0. The van der Waals surface area contributed by atoms with Crippen molar-refractivity contribution in [1.82, 2.24) is 15.5 Å². The number of carbonyl (C=O) groups excluding carboxylic acids is 1. The van der Waals surface area contributed by atoms with E-state index in [0.717, 1.165) is 31.2 Å². The molecule has 1 aromatic carbocycles. The van der Waals surface area contributed by atoms with E-state index in [2.05, 4.69) is 15.5 Å². The number of benzene rings is 1. The maximum absolute atomic E-state index is 13.0. The Labute approximate surface area is 140 Å². The van der Waals surface area contributed by atoms with Crippen LogP contribution in [-0.4, -0.2) is 16.0 Å². The molecule has 0 saturated heterocycles. The number of carbonyl (C=O) groups is 1. The predicted octanol–water partition coefficient (Wildman–Crippen LogP) is 3.72. The van der Waals surface area contributed by atoms with Crippen LogP contribution in [0.15, 0.2) is 28.8 Å². The van der Waals surface area contributed by atoms with Crippen LogP contribution in [0, 0.1) is 6.92 Å². The van der Waals surface area contributed by atoms with Gasteiger partial charge in [-0.15, -0.1) is 0 Å². The molecule has 122 valence electrons. The van der Waals surface area contributed by atoms with Crippen molar-refractivity contribution in [3.8, 4) is 0 Å². The van der Waals surface area contributed by atoms with Crippen molar-refractivity contribution in [2.75, 3.05) is 0 Å². The Hall–Kier alpha value is -1.88. The molecule has 2 aromatic rings. The van der Waals surface area contributed by atoms with E-state index in [-0.39, 0.29) is 11.9 Å². The standard InChI is InChI=1S/C17H20ClN3O2/c1-11(15-20-12(2)21-23-15)19-16(22)17(8-3-4-9-17)13-6-5-7-14(18)10-13/h5-7,10-11H,3-4,8-9H2,1-2H3,(H,19,22)/t11-/m0/s1. The summed E-state index contributed by atoms with van der Waals surface area (Å²) in [5.41, 5.74) is 0.461. The maximum Gasteiger partial charge on any atom is 0.248 e. The minimum atomic E-state index is -0.520. The van der Waals surface area contributed by atoms with Gasteiger partial charge in [-0.3, -0.25) is 4.79 Å². The van der Waals surface area contributed by atoms with Crippen LogP contribution in [0.3, 0.4) is 0 Å². The van der Waals surface area contributed by atoms with Gasteiger partial charge in [0, 0.05) is 5.02 Å². The van der Waals surface area contributed by atoms with E-state index in [4.69, 9.17) is 16.1 Å². The minimum absolute atomic E-state index is 0.000574. The Kier molecular flexibility index (Phi) is 4.39. The monoisotopic (exact) mass is 333 g/mol. The van der Waals surface area contributed by atoms with Gasteiger partial charge in [0.2, 0.25) is 11.8 Å². The molecule has 0 bridgehead atoms. The minimum Gasteiger partial charge on any atom is -0.344 e. The fraction of sp³-hybridized carbons (Fsp3) is 0.471. The number of nitrogens with zero attached hydrogens (tertiary/aromatic N) is 2. The molecule has 5 nitrogen and oxygen atoms in total. The summed E-state index contributed by atoms with van der Waals surface area (Å²) in [6, 6.07) is 7.29. The highest BCUT2D eigenvalue weighted by molar-refractivity contribution is 6.30. The second-order valence-electron chi connectivity index (χ2n) is 6.17. The molecule has 1 heterocycles. The first-order valence-corrected chi connectivity index (χ1v) is 8.26. The van der Waals surface area contributed by atoms with Crippen molar-refractivity contribution >= 4 is 17.5 Å². The lowest BCUT2D eigenvalue weighted by atomic mass is 9.78. The average molecular weight is 334 g/mol.